The summed E-state index contributed by atoms with van der Waals surface area (Å²) in [6, 6.07) is 0.725. The molecular weight excluding hydrogens is 126 g/mol. The predicted molar refractivity (Wildman–Crippen MR) is 38.7 cm³/mol. The molecule has 3 atom stereocenters. The fraction of sp³-hybridized carbons (Fsp3) is 0.625. The van der Waals surface area contributed by atoms with Crippen molar-refractivity contribution in [3.8, 4) is 0 Å². The summed E-state index contributed by atoms with van der Waals surface area (Å²) in [6.45, 7) is 4.77. The third-order valence-electron chi connectivity index (χ3n) is 2.43. The Bertz CT molecular complexity index is 215. The van der Waals surface area contributed by atoms with Gasteiger partial charge < -0.3 is 0 Å². The monoisotopic (exact) mass is 137 g/mol. The number of carbonyl (C=O) groups is 1. The lowest BCUT2D eigenvalue weighted by Crippen LogP contribution is -2.10. The van der Waals surface area contributed by atoms with Crippen LogP contribution in [0, 0.1) is 0 Å². The van der Waals surface area contributed by atoms with E-state index in [0.717, 1.165) is 6.54 Å². The minimum absolute atomic E-state index is 0.241. The van der Waals surface area contributed by atoms with Gasteiger partial charge in [-0.05, 0) is 13.8 Å². The van der Waals surface area contributed by atoms with E-state index in [0.29, 0.717) is 11.8 Å². The number of Topliss-reactive ketones (excluding diaryl/α,β-unsaturated/α-hetero) is 1. The maximum Gasteiger partial charge on any atom is 0.148 e. The number of rotatable bonds is 1. The molecule has 0 aromatic carbocycles. The van der Waals surface area contributed by atoms with Gasteiger partial charge in [-0.3, -0.25) is 9.69 Å². The molecule has 0 aromatic heterocycles. The van der Waals surface area contributed by atoms with Crippen LogP contribution in [0.5, 0.6) is 0 Å². The SMILES string of the molecule is CC(=O)C1C2C(C)=CC[N@@]12. The number of carbonyl (C=O) groups excluding carboxylic acids is 1. The lowest BCUT2D eigenvalue weighted by atomic mass is 10.1. The summed E-state index contributed by atoms with van der Waals surface area (Å²) in [7, 11) is 0. The largest absolute Gasteiger partial charge is 0.298 e. The topological polar surface area (TPSA) is 20.1 Å². The molecule has 2 unspecified atom stereocenters. The summed E-state index contributed by atoms with van der Waals surface area (Å²) in [5.74, 6) is 0.317. The van der Waals surface area contributed by atoms with Crippen molar-refractivity contribution in [3.05, 3.63) is 11.6 Å². The van der Waals surface area contributed by atoms with E-state index < -0.39 is 0 Å². The van der Waals surface area contributed by atoms with Crippen LogP contribution in [0.3, 0.4) is 0 Å². The average molecular weight is 137 g/mol. The highest BCUT2D eigenvalue weighted by Crippen LogP contribution is 2.38. The smallest absolute Gasteiger partial charge is 0.148 e. The second-order valence-corrected chi connectivity index (χ2v) is 3.15. The summed E-state index contributed by atoms with van der Waals surface area (Å²) in [4.78, 5) is 13.1. The first-order valence-corrected chi connectivity index (χ1v) is 3.64. The van der Waals surface area contributed by atoms with Crippen LogP contribution < -0.4 is 0 Å². The first-order chi connectivity index (χ1) is 4.72. The van der Waals surface area contributed by atoms with Gasteiger partial charge in [0, 0.05) is 6.54 Å². The normalized spacial score (nSPS) is 42.6. The molecule has 0 aromatic rings. The predicted octanol–water partition coefficient (Wildman–Crippen LogP) is 0.588. The zero-order valence-electron chi connectivity index (χ0n) is 6.29. The second-order valence-electron chi connectivity index (χ2n) is 3.15. The average Bonchev–Trinajstić information content (AvgIpc) is 2.48. The van der Waals surface area contributed by atoms with Gasteiger partial charge in [-0.1, -0.05) is 11.6 Å². The molecule has 0 amide bonds. The Hall–Kier alpha value is -0.630. The van der Waals surface area contributed by atoms with Gasteiger partial charge in [-0.25, -0.2) is 0 Å². The van der Waals surface area contributed by atoms with Crippen molar-refractivity contribution in [1.82, 2.24) is 4.90 Å². The van der Waals surface area contributed by atoms with Crippen LogP contribution in [-0.4, -0.2) is 29.3 Å². The van der Waals surface area contributed by atoms with Gasteiger partial charge in [-0.2, -0.15) is 0 Å². The van der Waals surface area contributed by atoms with Crippen molar-refractivity contribution in [2.75, 3.05) is 6.54 Å². The molecule has 0 spiro atoms. The molecule has 0 bridgehead atoms. The molecule has 2 rings (SSSR count). The van der Waals surface area contributed by atoms with Gasteiger partial charge in [0.1, 0.15) is 5.78 Å². The van der Waals surface area contributed by atoms with Crippen LogP contribution in [0.4, 0.5) is 0 Å². The summed E-state index contributed by atoms with van der Waals surface area (Å²) < 4.78 is 0. The van der Waals surface area contributed by atoms with Crippen molar-refractivity contribution in [1.29, 1.82) is 0 Å². The number of hydrogen-bond donors (Lipinski definition) is 0. The summed E-state index contributed by atoms with van der Waals surface area (Å²) in [5.41, 5.74) is 1.38. The van der Waals surface area contributed by atoms with E-state index in [1.807, 2.05) is 0 Å². The molecular formula is C8H11NO. The zero-order chi connectivity index (χ0) is 7.30. The summed E-state index contributed by atoms with van der Waals surface area (Å²) in [6.07, 6.45) is 2.20. The molecule has 2 aliphatic heterocycles. The first-order valence-electron chi connectivity index (χ1n) is 3.64. The molecule has 1 saturated heterocycles. The first kappa shape index (κ1) is 6.10. The fourth-order valence-electron chi connectivity index (χ4n) is 1.84. The molecule has 0 N–H and O–H groups in total. The maximum absolute atomic E-state index is 10.9. The molecule has 0 radical (unpaired) electrons. The third kappa shape index (κ3) is 0.598. The van der Waals surface area contributed by atoms with Gasteiger partial charge >= 0.3 is 0 Å². The Labute approximate surface area is 60.5 Å². The fourth-order valence-corrected chi connectivity index (χ4v) is 1.84. The van der Waals surface area contributed by atoms with Crippen molar-refractivity contribution < 1.29 is 4.79 Å². The second kappa shape index (κ2) is 1.70. The van der Waals surface area contributed by atoms with E-state index in [1.165, 1.54) is 5.57 Å². The van der Waals surface area contributed by atoms with E-state index in [-0.39, 0.29) is 6.04 Å². The molecule has 1 fully saturated rings. The van der Waals surface area contributed by atoms with Crippen molar-refractivity contribution >= 4 is 5.78 Å². The van der Waals surface area contributed by atoms with Crippen molar-refractivity contribution in [3.63, 3.8) is 0 Å². The van der Waals surface area contributed by atoms with Crippen molar-refractivity contribution in [2.24, 2.45) is 0 Å². The summed E-state index contributed by atoms with van der Waals surface area (Å²) in [5, 5.41) is 0. The Kier molecular flexibility index (Phi) is 1.04. The number of nitrogens with zero attached hydrogens (tertiary/aromatic N) is 1. The van der Waals surface area contributed by atoms with Gasteiger partial charge in [0.2, 0.25) is 0 Å². The van der Waals surface area contributed by atoms with Gasteiger partial charge in [0.25, 0.3) is 0 Å². The molecule has 2 heterocycles. The molecule has 2 aliphatic rings. The highest BCUT2D eigenvalue weighted by Gasteiger charge is 2.53. The van der Waals surface area contributed by atoms with Crippen LogP contribution in [0.1, 0.15) is 13.8 Å². The molecule has 2 heteroatoms. The molecule has 0 aliphatic carbocycles. The lowest BCUT2D eigenvalue weighted by molar-refractivity contribution is -0.117. The Morgan fingerprint density at radius 2 is 2.50 bits per heavy atom. The number of hydrogen-bond acceptors (Lipinski definition) is 2. The van der Waals surface area contributed by atoms with Gasteiger partial charge in [0.15, 0.2) is 0 Å². The van der Waals surface area contributed by atoms with Crippen LogP contribution in [0.2, 0.25) is 0 Å². The highest BCUT2D eigenvalue weighted by atomic mass is 16.1. The molecule has 2 nitrogen and oxygen atoms in total. The van der Waals surface area contributed by atoms with E-state index >= 15 is 0 Å². The quantitative estimate of drug-likeness (QED) is 0.389. The Morgan fingerprint density at radius 3 is 2.80 bits per heavy atom. The van der Waals surface area contributed by atoms with Gasteiger partial charge in [0.05, 0.1) is 12.1 Å². The minimum Gasteiger partial charge on any atom is -0.298 e. The Balaban J connectivity index is 2.13. The van der Waals surface area contributed by atoms with Gasteiger partial charge in [-0.15, -0.1) is 0 Å². The third-order valence-corrected chi connectivity index (χ3v) is 2.43. The van der Waals surface area contributed by atoms with E-state index in [9.17, 15) is 4.79 Å². The zero-order valence-corrected chi connectivity index (χ0v) is 6.29. The Morgan fingerprint density at radius 1 is 1.80 bits per heavy atom. The van der Waals surface area contributed by atoms with E-state index in [2.05, 4.69) is 17.9 Å². The highest BCUT2D eigenvalue weighted by molar-refractivity contribution is 5.86. The molecule has 10 heavy (non-hydrogen) atoms. The van der Waals surface area contributed by atoms with E-state index in [1.54, 1.807) is 6.92 Å². The molecule has 0 saturated carbocycles. The molecule has 54 valence electrons. The van der Waals surface area contributed by atoms with Crippen LogP contribution >= 0.6 is 0 Å². The van der Waals surface area contributed by atoms with Crippen LogP contribution in [0.25, 0.3) is 0 Å². The summed E-state index contributed by atoms with van der Waals surface area (Å²) >= 11 is 0. The van der Waals surface area contributed by atoms with E-state index in [4.69, 9.17) is 0 Å². The van der Waals surface area contributed by atoms with Crippen LogP contribution in [0.15, 0.2) is 11.6 Å². The minimum atomic E-state index is 0.241. The standard InChI is InChI=1S/C8H11NO/c1-5-3-4-9-7(5)8(9)6(2)10/h3,7-8H,4H2,1-2H3/t7?,8?,9-/m1/s1. The number of fused-ring (bicyclic) bond motifs is 1. The number of ketones is 1. The lowest BCUT2D eigenvalue weighted by Gasteiger charge is -1.93. The van der Waals surface area contributed by atoms with Crippen LogP contribution in [-0.2, 0) is 4.79 Å². The van der Waals surface area contributed by atoms with Crippen molar-refractivity contribution in [2.45, 2.75) is 25.9 Å². The maximum atomic E-state index is 10.9.